The first-order chi connectivity index (χ1) is 11.9. The zero-order valence-electron chi connectivity index (χ0n) is 13.3. The Balaban J connectivity index is 1.98. The maximum Gasteiger partial charge on any atom is 0.346 e. The molecule has 0 amide bonds. The van der Waals surface area contributed by atoms with Crippen LogP contribution in [0.3, 0.4) is 0 Å². The molecule has 0 saturated heterocycles. The van der Waals surface area contributed by atoms with Gasteiger partial charge in [-0.2, -0.15) is 0 Å². The van der Waals surface area contributed by atoms with E-state index in [-0.39, 0.29) is 16.5 Å². The van der Waals surface area contributed by atoms with Crippen molar-refractivity contribution in [3.05, 3.63) is 52.4 Å². The van der Waals surface area contributed by atoms with Crippen LogP contribution in [0.1, 0.15) is 28.6 Å². The van der Waals surface area contributed by atoms with Crippen molar-refractivity contribution < 1.29 is 23.4 Å². The molecule has 3 aromatic rings. The average molecular weight is 360 g/mol. The number of aromatic carboxylic acids is 1. The molecule has 1 atom stereocenters. The van der Waals surface area contributed by atoms with Crippen molar-refractivity contribution in [3.8, 4) is 16.9 Å². The molecular formula is C19H14F2O3S. The van der Waals surface area contributed by atoms with E-state index in [2.05, 4.69) is 0 Å². The highest BCUT2D eigenvalue weighted by Gasteiger charge is 2.25. The fourth-order valence-electron chi connectivity index (χ4n) is 3.22. The number of carbonyl (C=O) groups is 1. The molecular weight excluding hydrogens is 346 g/mol. The molecule has 25 heavy (non-hydrogen) atoms. The van der Waals surface area contributed by atoms with Gasteiger partial charge in [0.1, 0.15) is 22.3 Å². The Morgan fingerprint density at radius 2 is 2.08 bits per heavy atom. The highest BCUT2D eigenvalue weighted by Crippen LogP contribution is 2.42. The Morgan fingerprint density at radius 1 is 1.28 bits per heavy atom. The van der Waals surface area contributed by atoms with Gasteiger partial charge in [-0.1, -0.05) is 0 Å². The van der Waals surface area contributed by atoms with Crippen molar-refractivity contribution in [2.24, 2.45) is 0 Å². The van der Waals surface area contributed by atoms with Crippen LogP contribution in [0.4, 0.5) is 8.78 Å². The third-order valence-corrected chi connectivity index (χ3v) is 5.55. The van der Waals surface area contributed by atoms with Crippen LogP contribution < -0.4 is 4.74 Å². The second kappa shape index (κ2) is 5.81. The van der Waals surface area contributed by atoms with Gasteiger partial charge in [-0.15, -0.1) is 11.3 Å². The summed E-state index contributed by atoms with van der Waals surface area (Å²) in [4.78, 5) is 11.7. The predicted molar refractivity (Wildman–Crippen MR) is 92.5 cm³/mol. The van der Waals surface area contributed by atoms with E-state index in [9.17, 15) is 18.7 Å². The number of rotatable bonds is 2. The lowest BCUT2D eigenvalue weighted by Crippen LogP contribution is -2.19. The van der Waals surface area contributed by atoms with Gasteiger partial charge in [-0.3, -0.25) is 0 Å². The Labute approximate surface area is 146 Å². The molecule has 0 saturated carbocycles. The molecule has 6 heteroatoms. The van der Waals surface area contributed by atoms with Crippen molar-refractivity contribution in [2.75, 3.05) is 0 Å². The molecule has 0 aliphatic carbocycles. The molecule has 3 nitrogen and oxygen atoms in total. The zero-order valence-corrected chi connectivity index (χ0v) is 14.1. The van der Waals surface area contributed by atoms with Crippen molar-refractivity contribution >= 4 is 27.4 Å². The fraction of sp³-hybridized carbons (Fsp3) is 0.211. The summed E-state index contributed by atoms with van der Waals surface area (Å²) < 4.78 is 34.4. The highest BCUT2D eigenvalue weighted by atomic mass is 32.1. The third-order valence-electron chi connectivity index (χ3n) is 4.41. The van der Waals surface area contributed by atoms with Crippen LogP contribution in [0.5, 0.6) is 5.75 Å². The molecule has 2 heterocycles. The lowest BCUT2D eigenvalue weighted by Gasteiger charge is -2.24. The summed E-state index contributed by atoms with van der Waals surface area (Å²) in [6, 6.07) is 7.01. The Bertz CT molecular complexity index is 1010. The molecule has 0 unspecified atom stereocenters. The number of ether oxygens (including phenoxy) is 1. The number of thiophene rings is 1. The number of benzene rings is 2. The second-order valence-electron chi connectivity index (χ2n) is 6.16. The van der Waals surface area contributed by atoms with Gasteiger partial charge >= 0.3 is 5.97 Å². The van der Waals surface area contributed by atoms with E-state index in [4.69, 9.17) is 4.74 Å². The molecule has 1 aromatic heterocycles. The molecule has 1 aliphatic rings. The summed E-state index contributed by atoms with van der Waals surface area (Å²) in [5, 5.41) is 10.1. The Kier molecular flexibility index (Phi) is 3.72. The SMILES string of the molecule is C[C@H]1CCc2cc(-c3c(C(=O)O)sc4cc(F)ccc34)c(F)cc2O1. The van der Waals surface area contributed by atoms with E-state index in [1.54, 1.807) is 6.07 Å². The van der Waals surface area contributed by atoms with Crippen molar-refractivity contribution in [2.45, 2.75) is 25.9 Å². The second-order valence-corrected chi connectivity index (χ2v) is 7.21. The van der Waals surface area contributed by atoms with Gasteiger partial charge in [0.25, 0.3) is 0 Å². The number of fused-ring (bicyclic) bond motifs is 2. The minimum atomic E-state index is -1.15. The normalized spacial score (nSPS) is 16.5. The summed E-state index contributed by atoms with van der Waals surface area (Å²) >= 11 is 0.950. The number of aryl methyl sites for hydroxylation is 1. The van der Waals surface area contributed by atoms with Crippen molar-refractivity contribution in [1.29, 1.82) is 0 Å². The number of carboxylic acid groups (broad SMARTS) is 1. The smallest absolute Gasteiger partial charge is 0.346 e. The van der Waals surface area contributed by atoms with Crippen LogP contribution in [-0.2, 0) is 6.42 Å². The summed E-state index contributed by atoms with van der Waals surface area (Å²) in [6.07, 6.45) is 1.58. The van der Waals surface area contributed by atoms with E-state index < -0.39 is 17.6 Å². The minimum absolute atomic E-state index is 0.00421. The topological polar surface area (TPSA) is 46.5 Å². The molecule has 4 rings (SSSR count). The van der Waals surface area contributed by atoms with Gasteiger partial charge < -0.3 is 9.84 Å². The lowest BCUT2D eigenvalue weighted by atomic mass is 9.95. The maximum absolute atomic E-state index is 14.8. The van der Waals surface area contributed by atoms with Crippen LogP contribution >= 0.6 is 11.3 Å². The predicted octanol–water partition coefficient (Wildman–Crippen LogP) is 5.26. The average Bonchev–Trinajstić information content (AvgIpc) is 2.92. The van der Waals surface area contributed by atoms with E-state index >= 15 is 0 Å². The van der Waals surface area contributed by atoms with Gasteiger partial charge in [0, 0.05) is 27.3 Å². The van der Waals surface area contributed by atoms with E-state index in [1.807, 2.05) is 6.92 Å². The minimum Gasteiger partial charge on any atom is -0.490 e. The van der Waals surface area contributed by atoms with Crippen LogP contribution in [-0.4, -0.2) is 17.2 Å². The molecule has 0 radical (unpaired) electrons. The van der Waals surface area contributed by atoms with Crippen molar-refractivity contribution in [3.63, 3.8) is 0 Å². The first-order valence-corrected chi connectivity index (χ1v) is 8.70. The first kappa shape index (κ1) is 16.0. The maximum atomic E-state index is 14.8. The monoisotopic (exact) mass is 360 g/mol. The first-order valence-electron chi connectivity index (χ1n) is 7.89. The van der Waals surface area contributed by atoms with Crippen LogP contribution in [0, 0.1) is 11.6 Å². The van der Waals surface area contributed by atoms with Gasteiger partial charge in [-0.25, -0.2) is 13.6 Å². The molecule has 0 bridgehead atoms. The largest absolute Gasteiger partial charge is 0.490 e. The van der Waals surface area contributed by atoms with E-state index in [0.29, 0.717) is 21.4 Å². The van der Waals surface area contributed by atoms with Crippen LogP contribution in [0.25, 0.3) is 21.2 Å². The Morgan fingerprint density at radius 3 is 2.84 bits per heavy atom. The Hall–Kier alpha value is -2.47. The standard InChI is InChI=1S/C19H14F2O3S/c1-9-2-3-10-6-13(14(21)8-15(10)24-9)17-12-5-4-11(20)7-16(12)25-18(17)19(22)23/h4-9H,2-3H2,1H3,(H,22,23)/t9-/m0/s1. The lowest BCUT2D eigenvalue weighted by molar-refractivity contribution is 0.0703. The molecule has 128 valence electrons. The molecule has 1 aliphatic heterocycles. The summed E-state index contributed by atoms with van der Waals surface area (Å²) in [6.45, 7) is 1.93. The number of carboxylic acids is 1. The van der Waals surface area contributed by atoms with Crippen LogP contribution in [0.15, 0.2) is 30.3 Å². The number of hydrogen-bond acceptors (Lipinski definition) is 3. The van der Waals surface area contributed by atoms with E-state index in [0.717, 1.165) is 29.7 Å². The highest BCUT2D eigenvalue weighted by molar-refractivity contribution is 7.21. The number of hydrogen-bond donors (Lipinski definition) is 1. The zero-order chi connectivity index (χ0) is 17.7. The van der Waals surface area contributed by atoms with Gasteiger partial charge in [-0.05, 0) is 49.6 Å². The molecule has 0 spiro atoms. The third kappa shape index (κ3) is 2.66. The summed E-state index contributed by atoms with van der Waals surface area (Å²) in [5.74, 6) is -1.65. The fourth-order valence-corrected chi connectivity index (χ4v) is 4.30. The van der Waals surface area contributed by atoms with Gasteiger partial charge in [0.05, 0.1) is 6.10 Å². The summed E-state index contributed by atoms with van der Waals surface area (Å²) in [5.41, 5.74) is 1.37. The van der Waals surface area contributed by atoms with Gasteiger partial charge in [0.2, 0.25) is 0 Å². The van der Waals surface area contributed by atoms with Gasteiger partial charge in [0.15, 0.2) is 0 Å². The summed E-state index contributed by atoms with van der Waals surface area (Å²) in [7, 11) is 0. The molecule has 1 N–H and O–H groups in total. The quantitative estimate of drug-likeness (QED) is 0.678. The molecule has 0 fully saturated rings. The van der Waals surface area contributed by atoms with Crippen LogP contribution in [0.2, 0.25) is 0 Å². The van der Waals surface area contributed by atoms with Crippen molar-refractivity contribution in [1.82, 2.24) is 0 Å². The molecule has 2 aromatic carbocycles. The number of halogens is 2. The van der Waals surface area contributed by atoms with E-state index in [1.165, 1.54) is 24.3 Å².